The largest absolute Gasteiger partial charge is 0.384 e. The van der Waals surface area contributed by atoms with Crippen LogP contribution >= 0.6 is 15.9 Å². The van der Waals surface area contributed by atoms with E-state index >= 15 is 0 Å². The van der Waals surface area contributed by atoms with E-state index in [1.54, 1.807) is 6.07 Å². The molecule has 0 spiro atoms. The summed E-state index contributed by atoms with van der Waals surface area (Å²) in [5.41, 5.74) is 2.23. The van der Waals surface area contributed by atoms with Crippen LogP contribution in [0.25, 0.3) is 0 Å². The Bertz CT molecular complexity index is 522. The maximum atomic E-state index is 13.2. The Morgan fingerprint density at radius 3 is 2.41 bits per heavy atom. The number of hydrogen-bond acceptors (Lipinski definition) is 1. The summed E-state index contributed by atoms with van der Waals surface area (Å²) in [6.07, 6.45) is -0.793. The highest BCUT2D eigenvalue weighted by Crippen LogP contribution is 2.26. The number of aryl methyl sites for hydroxylation is 1. The monoisotopic (exact) mass is 294 g/mol. The fraction of sp³-hybridized carbons (Fsp3) is 0.143. The summed E-state index contributed by atoms with van der Waals surface area (Å²) in [4.78, 5) is 0. The van der Waals surface area contributed by atoms with Gasteiger partial charge in [-0.3, -0.25) is 0 Å². The summed E-state index contributed by atoms with van der Waals surface area (Å²) in [6.45, 7) is 1.86. The van der Waals surface area contributed by atoms with E-state index in [0.29, 0.717) is 5.56 Å². The molecule has 88 valence electrons. The lowest BCUT2D eigenvalue weighted by atomic mass is 9.97. The molecule has 0 aromatic heterocycles. The molecule has 0 aliphatic carbocycles. The van der Waals surface area contributed by atoms with Crippen molar-refractivity contribution in [2.75, 3.05) is 0 Å². The molecule has 0 saturated carbocycles. The van der Waals surface area contributed by atoms with Gasteiger partial charge in [0.05, 0.1) is 0 Å². The van der Waals surface area contributed by atoms with Crippen molar-refractivity contribution in [3.63, 3.8) is 0 Å². The van der Waals surface area contributed by atoms with E-state index in [1.165, 1.54) is 12.1 Å². The minimum atomic E-state index is -0.793. The van der Waals surface area contributed by atoms with E-state index in [0.717, 1.165) is 15.6 Å². The van der Waals surface area contributed by atoms with Gasteiger partial charge in [0.25, 0.3) is 0 Å². The van der Waals surface area contributed by atoms with Crippen LogP contribution in [-0.4, -0.2) is 5.11 Å². The smallest absolute Gasteiger partial charge is 0.123 e. The molecule has 1 unspecified atom stereocenters. The summed E-state index contributed by atoms with van der Waals surface area (Å²) in [6, 6.07) is 11.8. The summed E-state index contributed by atoms with van der Waals surface area (Å²) in [5, 5.41) is 10.2. The van der Waals surface area contributed by atoms with Crippen LogP contribution in [0, 0.1) is 12.7 Å². The van der Waals surface area contributed by atoms with Crippen molar-refractivity contribution in [1.82, 2.24) is 0 Å². The predicted molar refractivity (Wildman–Crippen MR) is 69.3 cm³/mol. The molecule has 1 nitrogen and oxygen atoms in total. The van der Waals surface area contributed by atoms with Gasteiger partial charge in [-0.15, -0.1) is 0 Å². The Morgan fingerprint density at radius 2 is 1.76 bits per heavy atom. The highest BCUT2D eigenvalue weighted by Gasteiger charge is 2.13. The van der Waals surface area contributed by atoms with Crippen molar-refractivity contribution < 1.29 is 9.50 Å². The van der Waals surface area contributed by atoms with Gasteiger partial charge in [0.15, 0.2) is 0 Å². The molecule has 0 aliphatic heterocycles. The van der Waals surface area contributed by atoms with Gasteiger partial charge < -0.3 is 5.11 Å². The number of aliphatic hydroxyl groups is 1. The Morgan fingerprint density at radius 1 is 1.12 bits per heavy atom. The quantitative estimate of drug-likeness (QED) is 0.888. The first kappa shape index (κ1) is 12.3. The highest BCUT2D eigenvalue weighted by atomic mass is 79.9. The van der Waals surface area contributed by atoms with Crippen molar-refractivity contribution in [2.45, 2.75) is 13.0 Å². The van der Waals surface area contributed by atoms with Crippen LogP contribution in [0.5, 0.6) is 0 Å². The van der Waals surface area contributed by atoms with Crippen LogP contribution in [0.4, 0.5) is 4.39 Å². The Labute approximate surface area is 108 Å². The summed E-state index contributed by atoms with van der Waals surface area (Å²) < 4.78 is 14.1. The molecule has 0 aliphatic rings. The minimum Gasteiger partial charge on any atom is -0.384 e. The zero-order valence-electron chi connectivity index (χ0n) is 9.32. The zero-order chi connectivity index (χ0) is 12.4. The van der Waals surface area contributed by atoms with Gasteiger partial charge in [-0.05, 0) is 47.9 Å². The number of hydrogen-bond donors (Lipinski definition) is 1. The van der Waals surface area contributed by atoms with Gasteiger partial charge in [0, 0.05) is 4.47 Å². The second-order valence-corrected chi connectivity index (χ2v) is 4.87. The lowest BCUT2D eigenvalue weighted by molar-refractivity contribution is 0.219. The first-order chi connectivity index (χ1) is 8.08. The molecule has 1 atom stereocenters. The molecule has 17 heavy (non-hydrogen) atoms. The normalized spacial score (nSPS) is 12.5. The Balaban J connectivity index is 2.39. The van der Waals surface area contributed by atoms with Gasteiger partial charge in [0.2, 0.25) is 0 Å². The van der Waals surface area contributed by atoms with Crippen molar-refractivity contribution in [3.8, 4) is 0 Å². The van der Waals surface area contributed by atoms with E-state index in [-0.39, 0.29) is 5.82 Å². The first-order valence-electron chi connectivity index (χ1n) is 5.27. The second kappa shape index (κ2) is 4.98. The standard InChI is InChI=1S/C14H12BrFO/c1-9-2-7-12(16)8-13(9)14(17)10-3-5-11(15)6-4-10/h2-8,14,17H,1H3. The number of rotatable bonds is 2. The van der Waals surface area contributed by atoms with E-state index in [9.17, 15) is 9.50 Å². The Hall–Kier alpha value is -1.19. The lowest BCUT2D eigenvalue weighted by Gasteiger charge is -2.14. The number of benzene rings is 2. The van der Waals surface area contributed by atoms with E-state index < -0.39 is 6.10 Å². The maximum absolute atomic E-state index is 13.2. The lowest BCUT2D eigenvalue weighted by Crippen LogP contribution is -2.02. The molecular formula is C14H12BrFO. The van der Waals surface area contributed by atoms with Crippen molar-refractivity contribution in [2.24, 2.45) is 0 Å². The van der Waals surface area contributed by atoms with Crippen LogP contribution in [0.3, 0.4) is 0 Å². The van der Waals surface area contributed by atoms with Crippen molar-refractivity contribution >= 4 is 15.9 Å². The third kappa shape index (κ3) is 2.73. The van der Waals surface area contributed by atoms with Crippen LogP contribution in [0.15, 0.2) is 46.9 Å². The van der Waals surface area contributed by atoms with Gasteiger partial charge >= 0.3 is 0 Å². The zero-order valence-corrected chi connectivity index (χ0v) is 10.9. The van der Waals surface area contributed by atoms with Crippen LogP contribution in [-0.2, 0) is 0 Å². The summed E-state index contributed by atoms with van der Waals surface area (Å²) >= 11 is 3.34. The van der Waals surface area contributed by atoms with Gasteiger partial charge in [-0.1, -0.05) is 34.1 Å². The van der Waals surface area contributed by atoms with Crippen LogP contribution in [0.2, 0.25) is 0 Å². The summed E-state index contributed by atoms with van der Waals surface area (Å²) in [7, 11) is 0. The SMILES string of the molecule is Cc1ccc(F)cc1C(O)c1ccc(Br)cc1. The third-order valence-corrected chi connectivity index (χ3v) is 3.25. The number of halogens is 2. The molecule has 3 heteroatoms. The second-order valence-electron chi connectivity index (χ2n) is 3.95. The van der Waals surface area contributed by atoms with E-state index in [4.69, 9.17) is 0 Å². The van der Waals surface area contributed by atoms with E-state index in [1.807, 2.05) is 31.2 Å². The van der Waals surface area contributed by atoms with Crippen LogP contribution in [0.1, 0.15) is 22.8 Å². The molecule has 0 fully saturated rings. The first-order valence-corrected chi connectivity index (χ1v) is 6.07. The molecule has 2 aromatic carbocycles. The molecule has 2 rings (SSSR count). The molecular weight excluding hydrogens is 283 g/mol. The molecule has 2 aromatic rings. The van der Waals surface area contributed by atoms with Crippen LogP contribution < -0.4 is 0 Å². The predicted octanol–water partition coefficient (Wildman–Crippen LogP) is 3.98. The van der Waals surface area contributed by atoms with Crippen molar-refractivity contribution in [3.05, 3.63) is 69.4 Å². The minimum absolute atomic E-state index is 0.332. The Kier molecular flexibility index (Phi) is 3.60. The molecule has 0 bridgehead atoms. The third-order valence-electron chi connectivity index (χ3n) is 2.72. The topological polar surface area (TPSA) is 20.2 Å². The maximum Gasteiger partial charge on any atom is 0.123 e. The highest BCUT2D eigenvalue weighted by molar-refractivity contribution is 9.10. The van der Waals surface area contributed by atoms with E-state index in [2.05, 4.69) is 15.9 Å². The van der Waals surface area contributed by atoms with Gasteiger partial charge in [-0.2, -0.15) is 0 Å². The molecule has 1 N–H and O–H groups in total. The van der Waals surface area contributed by atoms with Gasteiger partial charge in [0.1, 0.15) is 11.9 Å². The fourth-order valence-corrected chi connectivity index (χ4v) is 1.99. The van der Waals surface area contributed by atoms with Gasteiger partial charge in [-0.25, -0.2) is 4.39 Å². The average Bonchev–Trinajstić information content (AvgIpc) is 2.32. The fourth-order valence-electron chi connectivity index (χ4n) is 1.73. The molecule has 0 radical (unpaired) electrons. The molecule has 0 saturated heterocycles. The number of aliphatic hydroxyl groups excluding tert-OH is 1. The van der Waals surface area contributed by atoms with Crippen molar-refractivity contribution in [1.29, 1.82) is 0 Å². The molecule has 0 heterocycles. The summed E-state index contributed by atoms with van der Waals surface area (Å²) in [5.74, 6) is -0.332. The average molecular weight is 295 g/mol. The molecule has 0 amide bonds.